The number of hydrogen-bond donors (Lipinski definition) is 1. The second-order valence-electron chi connectivity index (χ2n) is 4.13. The highest BCUT2D eigenvalue weighted by atomic mass is 32.2. The van der Waals surface area contributed by atoms with Gasteiger partial charge in [0.25, 0.3) is 0 Å². The van der Waals surface area contributed by atoms with Crippen LogP contribution < -0.4 is 0 Å². The molecule has 0 heterocycles. The van der Waals surface area contributed by atoms with Crippen molar-refractivity contribution in [3.05, 3.63) is 0 Å². The summed E-state index contributed by atoms with van der Waals surface area (Å²) >= 11 is 1.35. The smallest absolute Gasteiger partial charge is 0.185 e. The van der Waals surface area contributed by atoms with E-state index in [0.29, 0.717) is 26.1 Å². The SMILES string of the molecule is CC(=O)SCCCCCC(=O)CCCOCCO. The molecule has 1 N–H and O–H groups in total. The van der Waals surface area contributed by atoms with Crippen molar-refractivity contribution in [2.45, 2.75) is 45.4 Å². The van der Waals surface area contributed by atoms with Gasteiger partial charge in [-0.05, 0) is 19.3 Å². The van der Waals surface area contributed by atoms with E-state index in [4.69, 9.17) is 9.84 Å². The van der Waals surface area contributed by atoms with Gasteiger partial charge in [0, 0.05) is 32.1 Å². The Morgan fingerprint density at radius 2 is 1.78 bits per heavy atom. The number of aliphatic hydroxyl groups is 1. The molecular formula is C13H24O4S. The first-order chi connectivity index (χ1) is 8.66. The quantitative estimate of drug-likeness (QED) is 0.554. The average molecular weight is 276 g/mol. The van der Waals surface area contributed by atoms with Crippen molar-refractivity contribution in [3.8, 4) is 0 Å². The zero-order chi connectivity index (χ0) is 13.6. The van der Waals surface area contributed by atoms with Crippen molar-refractivity contribution in [2.24, 2.45) is 0 Å². The van der Waals surface area contributed by atoms with E-state index in [2.05, 4.69) is 0 Å². The molecule has 0 spiro atoms. The number of carbonyl (C=O) groups excluding carboxylic acids is 2. The molecule has 0 amide bonds. The van der Waals surface area contributed by atoms with Gasteiger partial charge in [0.1, 0.15) is 5.78 Å². The molecule has 0 aromatic carbocycles. The van der Waals surface area contributed by atoms with Crippen molar-refractivity contribution < 1.29 is 19.4 Å². The lowest BCUT2D eigenvalue weighted by Gasteiger charge is -2.02. The molecule has 0 aliphatic heterocycles. The third-order valence-electron chi connectivity index (χ3n) is 2.39. The normalized spacial score (nSPS) is 10.6. The number of ketones is 1. The van der Waals surface area contributed by atoms with Crippen molar-refractivity contribution in [3.63, 3.8) is 0 Å². The summed E-state index contributed by atoms with van der Waals surface area (Å²) in [5, 5.41) is 8.64. The molecule has 0 rings (SSSR count). The van der Waals surface area contributed by atoms with Crippen molar-refractivity contribution in [1.29, 1.82) is 0 Å². The predicted molar refractivity (Wildman–Crippen MR) is 73.8 cm³/mol. The monoisotopic (exact) mass is 276 g/mol. The zero-order valence-electron chi connectivity index (χ0n) is 11.2. The summed E-state index contributed by atoms with van der Waals surface area (Å²) in [7, 11) is 0. The zero-order valence-corrected chi connectivity index (χ0v) is 12.0. The van der Waals surface area contributed by atoms with Gasteiger partial charge < -0.3 is 9.84 Å². The lowest BCUT2D eigenvalue weighted by molar-refractivity contribution is -0.119. The van der Waals surface area contributed by atoms with Crippen LogP contribution in [0.3, 0.4) is 0 Å². The van der Waals surface area contributed by atoms with Crippen LogP contribution in [0.2, 0.25) is 0 Å². The fourth-order valence-corrected chi connectivity index (χ4v) is 2.12. The van der Waals surface area contributed by atoms with E-state index in [0.717, 1.165) is 31.4 Å². The molecule has 18 heavy (non-hydrogen) atoms. The van der Waals surface area contributed by atoms with E-state index in [1.165, 1.54) is 11.8 Å². The molecule has 0 aromatic heterocycles. The second kappa shape index (κ2) is 13.1. The summed E-state index contributed by atoms with van der Waals surface area (Å²) in [6.45, 7) is 2.50. The molecule has 5 heteroatoms. The molecule has 0 radical (unpaired) electrons. The standard InChI is InChI=1S/C13H24O4S/c1-12(15)18-11-4-2-3-6-13(16)7-5-9-17-10-8-14/h14H,2-11H2,1H3. The van der Waals surface area contributed by atoms with Gasteiger partial charge in [0.15, 0.2) is 5.12 Å². The summed E-state index contributed by atoms with van der Waals surface area (Å²) in [6, 6.07) is 0. The number of aliphatic hydroxyl groups excluding tert-OH is 1. The molecule has 0 aliphatic carbocycles. The minimum atomic E-state index is 0.0339. The number of hydrogen-bond acceptors (Lipinski definition) is 5. The molecule has 0 saturated carbocycles. The molecule has 4 nitrogen and oxygen atoms in total. The first kappa shape index (κ1) is 17.6. The van der Waals surface area contributed by atoms with E-state index < -0.39 is 0 Å². The Kier molecular flexibility index (Phi) is 12.8. The van der Waals surface area contributed by atoms with Crippen molar-refractivity contribution in [1.82, 2.24) is 0 Å². The summed E-state index contributed by atoms with van der Waals surface area (Å²) < 4.78 is 5.08. The maximum absolute atomic E-state index is 11.5. The topological polar surface area (TPSA) is 63.6 Å². The van der Waals surface area contributed by atoms with Gasteiger partial charge in [-0.2, -0.15) is 0 Å². The van der Waals surface area contributed by atoms with Crippen LogP contribution in [0.5, 0.6) is 0 Å². The molecule has 0 saturated heterocycles. The summed E-state index contributed by atoms with van der Waals surface area (Å²) in [5.74, 6) is 1.14. The fraction of sp³-hybridized carbons (Fsp3) is 0.846. The second-order valence-corrected chi connectivity index (χ2v) is 5.40. The Hall–Kier alpha value is -0.390. The van der Waals surface area contributed by atoms with Gasteiger partial charge >= 0.3 is 0 Å². The van der Waals surface area contributed by atoms with Gasteiger partial charge in [0.05, 0.1) is 13.2 Å². The highest BCUT2D eigenvalue weighted by Gasteiger charge is 2.02. The summed E-state index contributed by atoms with van der Waals surface area (Å²) in [6.07, 6.45) is 4.84. The molecular weight excluding hydrogens is 252 g/mol. The van der Waals surface area contributed by atoms with Crippen LogP contribution in [0.1, 0.15) is 45.4 Å². The number of thioether (sulfide) groups is 1. The van der Waals surface area contributed by atoms with Crippen molar-refractivity contribution in [2.75, 3.05) is 25.6 Å². The third kappa shape index (κ3) is 13.7. The largest absolute Gasteiger partial charge is 0.394 e. The summed E-state index contributed by atoms with van der Waals surface area (Å²) in [5.41, 5.74) is 0. The van der Waals surface area contributed by atoms with Gasteiger partial charge in [-0.15, -0.1) is 0 Å². The fourth-order valence-electron chi connectivity index (χ4n) is 1.48. The van der Waals surface area contributed by atoms with Gasteiger partial charge in [-0.3, -0.25) is 9.59 Å². The van der Waals surface area contributed by atoms with Crippen LogP contribution in [0, 0.1) is 0 Å². The number of carbonyl (C=O) groups is 2. The highest BCUT2D eigenvalue weighted by molar-refractivity contribution is 8.13. The van der Waals surface area contributed by atoms with Crippen LogP contribution >= 0.6 is 11.8 Å². The molecule has 0 bridgehead atoms. The third-order valence-corrected chi connectivity index (χ3v) is 3.28. The Morgan fingerprint density at radius 1 is 1.06 bits per heavy atom. The average Bonchev–Trinajstić information content (AvgIpc) is 2.33. The van der Waals surface area contributed by atoms with Gasteiger partial charge in [0.2, 0.25) is 0 Å². The molecule has 0 unspecified atom stereocenters. The van der Waals surface area contributed by atoms with Crippen LogP contribution in [0.4, 0.5) is 0 Å². The van der Waals surface area contributed by atoms with E-state index >= 15 is 0 Å². The first-order valence-corrected chi connectivity index (χ1v) is 7.49. The van der Waals surface area contributed by atoms with E-state index in [-0.39, 0.29) is 17.5 Å². The Morgan fingerprint density at radius 3 is 2.44 bits per heavy atom. The van der Waals surface area contributed by atoms with Crippen molar-refractivity contribution >= 4 is 22.7 Å². The van der Waals surface area contributed by atoms with Crippen LogP contribution in [-0.2, 0) is 14.3 Å². The molecule has 106 valence electrons. The summed E-state index contributed by atoms with van der Waals surface area (Å²) in [4.78, 5) is 22.1. The van der Waals surface area contributed by atoms with Crippen LogP contribution in [0.15, 0.2) is 0 Å². The molecule has 0 aliphatic rings. The van der Waals surface area contributed by atoms with E-state index in [9.17, 15) is 9.59 Å². The molecule has 0 atom stereocenters. The number of rotatable bonds is 12. The van der Waals surface area contributed by atoms with Crippen LogP contribution in [-0.4, -0.2) is 41.6 Å². The van der Waals surface area contributed by atoms with E-state index in [1.54, 1.807) is 6.92 Å². The maximum Gasteiger partial charge on any atom is 0.185 e. The lowest BCUT2D eigenvalue weighted by atomic mass is 10.1. The molecule has 0 fully saturated rings. The number of ether oxygens (including phenoxy) is 1. The van der Waals surface area contributed by atoms with Crippen LogP contribution in [0.25, 0.3) is 0 Å². The number of unbranched alkanes of at least 4 members (excludes halogenated alkanes) is 2. The lowest BCUT2D eigenvalue weighted by Crippen LogP contribution is -2.04. The minimum Gasteiger partial charge on any atom is -0.394 e. The molecule has 0 aromatic rings. The highest BCUT2D eigenvalue weighted by Crippen LogP contribution is 2.09. The number of Topliss-reactive ketones (excluding diaryl/α,β-unsaturated/α-hetero) is 1. The Bertz CT molecular complexity index is 231. The van der Waals surface area contributed by atoms with E-state index in [1.807, 2.05) is 0 Å². The Balaban J connectivity index is 3.19. The van der Waals surface area contributed by atoms with Gasteiger partial charge in [-0.25, -0.2) is 0 Å². The predicted octanol–water partition coefficient (Wildman–Crippen LogP) is 2.18. The first-order valence-electron chi connectivity index (χ1n) is 6.50. The van der Waals surface area contributed by atoms with Gasteiger partial charge in [-0.1, -0.05) is 18.2 Å². The maximum atomic E-state index is 11.5. The minimum absolute atomic E-state index is 0.0339. The Labute approximate surface area is 113 Å².